The van der Waals surface area contributed by atoms with Crippen LogP contribution in [0.25, 0.3) is 22.0 Å². The number of H-pyrrole nitrogens is 1. The number of benzene rings is 1. The fraction of sp³-hybridized carbons (Fsp3) is 0.176. The van der Waals surface area contributed by atoms with Gasteiger partial charge in [-0.3, -0.25) is 9.78 Å². The Hall–Kier alpha value is -2.42. The number of pyridine rings is 2. The van der Waals surface area contributed by atoms with E-state index in [0.29, 0.717) is 0 Å². The van der Waals surface area contributed by atoms with Crippen molar-refractivity contribution in [1.29, 1.82) is 0 Å². The second-order valence-electron chi connectivity index (χ2n) is 4.89. The molecule has 0 saturated heterocycles. The maximum Gasteiger partial charge on any atom is 0.249 e. The standard InChI is InChI=1S/C17H16N2O/c1-3-13-9-15-17(11(2)18-13)14(10-16(20)19-15)12-7-5-4-6-8-12/h4-10H,3H2,1-2H3,(H,19,20). The van der Waals surface area contributed by atoms with E-state index in [1.54, 1.807) is 6.07 Å². The maximum absolute atomic E-state index is 11.9. The molecule has 0 atom stereocenters. The summed E-state index contributed by atoms with van der Waals surface area (Å²) in [6.07, 6.45) is 0.856. The molecule has 1 N–H and O–H groups in total. The van der Waals surface area contributed by atoms with Crippen molar-refractivity contribution in [3.05, 3.63) is 64.2 Å². The van der Waals surface area contributed by atoms with Crippen LogP contribution in [-0.2, 0) is 6.42 Å². The SMILES string of the molecule is CCc1cc2[nH]c(=O)cc(-c3ccccc3)c2c(C)n1. The van der Waals surface area contributed by atoms with Crippen LogP contribution < -0.4 is 5.56 Å². The van der Waals surface area contributed by atoms with Crippen LogP contribution in [0.1, 0.15) is 18.3 Å². The zero-order valence-electron chi connectivity index (χ0n) is 11.6. The predicted molar refractivity (Wildman–Crippen MR) is 81.9 cm³/mol. The van der Waals surface area contributed by atoms with Crippen LogP contribution in [0.3, 0.4) is 0 Å². The molecule has 3 rings (SSSR count). The normalized spacial score (nSPS) is 10.9. The van der Waals surface area contributed by atoms with E-state index >= 15 is 0 Å². The van der Waals surface area contributed by atoms with E-state index in [0.717, 1.165) is 39.8 Å². The molecular formula is C17H16N2O. The molecule has 0 fully saturated rings. The Morgan fingerprint density at radius 2 is 1.90 bits per heavy atom. The van der Waals surface area contributed by atoms with Gasteiger partial charge in [0, 0.05) is 22.8 Å². The number of nitrogens with zero attached hydrogens (tertiary/aromatic N) is 1. The van der Waals surface area contributed by atoms with Gasteiger partial charge in [-0.2, -0.15) is 0 Å². The second-order valence-corrected chi connectivity index (χ2v) is 4.89. The van der Waals surface area contributed by atoms with Crippen molar-refractivity contribution in [1.82, 2.24) is 9.97 Å². The van der Waals surface area contributed by atoms with Crippen molar-refractivity contribution in [2.45, 2.75) is 20.3 Å². The van der Waals surface area contributed by atoms with Gasteiger partial charge in [-0.15, -0.1) is 0 Å². The summed E-state index contributed by atoms with van der Waals surface area (Å²) in [5.74, 6) is 0. The number of hydrogen-bond acceptors (Lipinski definition) is 2. The minimum absolute atomic E-state index is 0.0796. The van der Waals surface area contributed by atoms with Crippen molar-refractivity contribution in [3.8, 4) is 11.1 Å². The maximum atomic E-state index is 11.9. The molecule has 0 aliphatic carbocycles. The van der Waals surface area contributed by atoms with Crippen molar-refractivity contribution in [2.75, 3.05) is 0 Å². The molecule has 20 heavy (non-hydrogen) atoms. The van der Waals surface area contributed by atoms with Crippen molar-refractivity contribution in [3.63, 3.8) is 0 Å². The highest BCUT2D eigenvalue weighted by Gasteiger charge is 2.10. The molecule has 0 spiro atoms. The summed E-state index contributed by atoms with van der Waals surface area (Å²) in [4.78, 5) is 19.4. The third-order valence-corrected chi connectivity index (χ3v) is 3.50. The van der Waals surface area contributed by atoms with Crippen LogP contribution >= 0.6 is 0 Å². The topological polar surface area (TPSA) is 45.8 Å². The largest absolute Gasteiger partial charge is 0.322 e. The van der Waals surface area contributed by atoms with E-state index in [2.05, 4.69) is 16.9 Å². The van der Waals surface area contributed by atoms with Gasteiger partial charge in [0.2, 0.25) is 5.56 Å². The fourth-order valence-electron chi connectivity index (χ4n) is 2.57. The summed E-state index contributed by atoms with van der Waals surface area (Å²) in [6, 6.07) is 13.6. The van der Waals surface area contributed by atoms with Crippen molar-refractivity contribution in [2.24, 2.45) is 0 Å². The molecule has 0 unspecified atom stereocenters. The molecule has 0 radical (unpaired) electrons. The van der Waals surface area contributed by atoms with E-state index in [1.165, 1.54) is 0 Å². The van der Waals surface area contributed by atoms with Crippen molar-refractivity contribution < 1.29 is 0 Å². The lowest BCUT2D eigenvalue weighted by atomic mass is 10.00. The number of aromatic nitrogens is 2. The number of rotatable bonds is 2. The molecule has 0 bridgehead atoms. The minimum Gasteiger partial charge on any atom is -0.322 e. The minimum atomic E-state index is -0.0796. The molecule has 0 saturated carbocycles. The van der Waals surface area contributed by atoms with Gasteiger partial charge >= 0.3 is 0 Å². The molecule has 0 aliphatic rings. The summed E-state index contributed by atoms with van der Waals surface area (Å²) in [5, 5.41) is 1.02. The Kier molecular flexibility index (Phi) is 3.11. The van der Waals surface area contributed by atoms with Gasteiger partial charge in [-0.1, -0.05) is 37.3 Å². The summed E-state index contributed by atoms with van der Waals surface area (Å²) in [7, 11) is 0. The van der Waals surface area contributed by atoms with Crippen LogP contribution in [-0.4, -0.2) is 9.97 Å². The van der Waals surface area contributed by atoms with Crippen LogP contribution in [0, 0.1) is 6.92 Å². The van der Waals surface area contributed by atoms with Crippen LogP contribution in [0.15, 0.2) is 47.3 Å². The van der Waals surface area contributed by atoms with Gasteiger partial charge in [-0.05, 0) is 30.5 Å². The van der Waals surface area contributed by atoms with E-state index in [1.807, 2.05) is 43.3 Å². The molecule has 0 aliphatic heterocycles. The predicted octanol–water partition coefficient (Wildman–Crippen LogP) is 3.46. The first-order chi connectivity index (χ1) is 9.69. The van der Waals surface area contributed by atoms with E-state index < -0.39 is 0 Å². The lowest BCUT2D eigenvalue weighted by Gasteiger charge is -2.10. The lowest BCUT2D eigenvalue weighted by molar-refractivity contribution is 1.02. The Morgan fingerprint density at radius 1 is 1.15 bits per heavy atom. The molecule has 2 aromatic heterocycles. The van der Waals surface area contributed by atoms with Crippen LogP contribution in [0.2, 0.25) is 0 Å². The molecule has 100 valence electrons. The second kappa shape index (κ2) is 4.93. The number of nitrogens with one attached hydrogen (secondary N) is 1. The van der Waals surface area contributed by atoms with Gasteiger partial charge in [0.15, 0.2) is 0 Å². The van der Waals surface area contributed by atoms with E-state index in [-0.39, 0.29) is 5.56 Å². The monoisotopic (exact) mass is 264 g/mol. The highest BCUT2D eigenvalue weighted by atomic mass is 16.1. The smallest absolute Gasteiger partial charge is 0.249 e. The summed E-state index contributed by atoms with van der Waals surface area (Å²) >= 11 is 0. The third kappa shape index (κ3) is 2.11. The molecule has 3 nitrogen and oxygen atoms in total. The summed E-state index contributed by atoms with van der Waals surface area (Å²) in [6.45, 7) is 4.05. The Labute approximate surface area is 117 Å². The number of aryl methyl sites for hydroxylation is 2. The quantitative estimate of drug-likeness (QED) is 0.770. The van der Waals surface area contributed by atoms with Crippen LogP contribution in [0.4, 0.5) is 0 Å². The number of hydrogen-bond donors (Lipinski definition) is 1. The number of fused-ring (bicyclic) bond motifs is 1. The Bertz CT molecular complexity index is 820. The summed E-state index contributed by atoms with van der Waals surface area (Å²) in [5.41, 5.74) is 4.71. The van der Waals surface area contributed by atoms with Crippen molar-refractivity contribution >= 4 is 10.9 Å². The van der Waals surface area contributed by atoms with Gasteiger partial charge < -0.3 is 4.98 Å². The number of aromatic amines is 1. The third-order valence-electron chi connectivity index (χ3n) is 3.50. The highest BCUT2D eigenvalue weighted by molar-refractivity contribution is 5.95. The Morgan fingerprint density at radius 3 is 2.60 bits per heavy atom. The average Bonchev–Trinajstić information content (AvgIpc) is 2.46. The molecule has 0 amide bonds. The first-order valence-electron chi connectivity index (χ1n) is 6.78. The average molecular weight is 264 g/mol. The molecule has 1 aromatic carbocycles. The molecular weight excluding hydrogens is 248 g/mol. The summed E-state index contributed by atoms with van der Waals surface area (Å²) < 4.78 is 0. The molecule has 2 heterocycles. The van der Waals surface area contributed by atoms with Gasteiger partial charge in [0.05, 0.1) is 5.52 Å². The highest BCUT2D eigenvalue weighted by Crippen LogP contribution is 2.28. The zero-order valence-corrected chi connectivity index (χ0v) is 11.6. The fourth-order valence-corrected chi connectivity index (χ4v) is 2.57. The molecule has 3 aromatic rings. The van der Waals surface area contributed by atoms with E-state index in [4.69, 9.17) is 0 Å². The first-order valence-corrected chi connectivity index (χ1v) is 6.78. The van der Waals surface area contributed by atoms with E-state index in [9.17, 15) is 4.79 Å². The zero-order chi connectivity index (χ0) is 14.1. The Balaban J connectivity index is 2.41. The van der Waals surface area contributed by atoms with Gasteiger partial charge in [0.1, 0.15) is 0 Å². The van der Waals surface area contributed by atoms with Crippen LogP contribution in [0.5, 0.6) is 0 Å². The first kappa shape index (κ1) is 12.6. The van der Waals surface area contributed by atoms with Gasteiger partial charge in [-0.25, -0.2) is 0 Å². The lowest BCUT2D eigenvalue weighted by Crippen LogP contribution is -2.07. The van der Waals surface area contributed by atoms with Gasteiger partial charge in [0.25, 0.3) is 0 Å². The molecule has 3 heteroatoms.